The highest BCUT2D eigenvalue weighted by Crippen LogP contribution is 2.41. The lowest BCUT2D eigenvalue weighted by atomic mass is 9.88. The standard InChI is InChI=1S/C15H19FN2O/c1-9(11-7-17-8-11)15(19)18-14-6-13(14)10-3-2-4-12(16)5-10/h2-5,9,11,13-14,17H,6-8H2,1H3,(H,18,19). The number of carbonyl (C=O) groups is 1. The first kappa shape index (κ1) is 12.6. The summed E-state index contributed by atoms with van der Waals surface area (Å²) >= 11 is 0. The Kier molecular flexibility index (Phi) is 3.27. The molecule has 102 valence electrons. The summed E-state index contributed by atoms with van der Waals surface area (Å²) in [6, 6.07) is 6.86. The molecule has 1 aromatic carbocycles. The van der Waals surface area contributed by atoms with E-state index in [0.29, 0.717) is 5.92 Å². The zero-order chi connectivity index (χ0) is 13.4. The first-order valence-corrected chi connectivity index (χ1v) is 6.91. The van der Waals surface area contributed by atoms with Crippen LogP contribution >= 0.6 is 0 Å². The van der Waals surface area contributed by atoms with Gasteiger partial charge in [-0.15, -0.1) is 0 Å². The number of carbonyl (C=O) groups excluding carboxylic acids is 1. The number of amides is 1. The third-order valence-corrected chi connectivity index (χ3v) is 4.33. The molecule has 1 saturated heterocycles. The molecule has 1 amide bonds. The van der Waals surface area contributed by atoms with E-state index in [1.165, 1.54) is 6.07 Å². The van der Waals surface area contributed by atoms with Crippen molar-refractivity contribution in [1.29, 1.82) is 0 Å². The van der Waals surface area contributed by atoms with Gasteiger partial charge < -0.3 is 10.6 Å². The van der Waals surface area contributed by atoms with Gasteiger partial charge in [-0.25, -0.2) is 4.39 Å². The average molecular weight is 262 g/mol. The molecule has 1 saturated carbocycles. The van der Waals surface area contributed by atoms with Crippen LogP contribution < -0.4 is 10.6 Å². The van der Waals surface area contributed by atoms with Gasteiger partial charge in [0.2, 0.25) is 5.91 Å². The van der Waals surface area contributed by atoms with Gasteiger partial charge >= 0.3 is 0 Å². The fourth-order valence-electron chi connectivity index (χ4n) is 2.65. The van der Waals surface area contributed by atoms with Crippen LogP contribution in [-0.4, -0.2) is 25.0 Å². The van der Waals surface area contributed by atoms with Crippen LogP contribution in [0.2, 0.25) is 0 Å². The number of benzene rings is 1. The van der Waals surface area contributed by atoms with Crippen molar-refractivity contribution >= 4 is 5.91 Å². The zero-order valence-electron chi connectivity index (χ0n) is 11.0. The minimum atomic E-state index is -0.205. The lowest BCUT2D eigenvalue weighted by molar-refractivity contribution is -0.126. The van der Waals surface area contributed by atoms with Crippen LogP contribution in [0.15, 0.2) is 24.3 Å². The fraction of sp³-hybridized carbons (Fsp3) is 0.533. The summed E-state index contributed by atoms with van der Waals surface area (Å²) in [7, 11) is 0. The van der Waals surface area contributed by atoms with Crippen LogP contribution in [0.1, 0.15) is 24.8 Å². The Labute approximate surface area is 112 Å². The third kappa shape index (κ3) is 2.63. The summed E-state index contributed by atoms with van der Waals surface area (Å²) in [6.07, 6.45) is 0.921. The molecule has 2 fully saturated rings. The lowest BCUT2D eigenvalue weighted by Crippen LogP contribution is -2.50. The summed E-state index contributed by atoms with van der Waals surface area (Å²) in [6.45, 7) is 3.86. The van der Waals surface area contributed by atoms with Crippen LogP contribution in [-0.2, 0) is 4.79 Å². The van der Waals surface area contributed by atoms with Crippen molar-refractivity contribution in [2.45, 2.75) is 25.3 Å². The maximum atomic E-state index is 13.1. The Morgan fingerprint density at radius 2 is 2.26 bits per heavy atom. The Bertz CT molecular complexity index is 487. The van der Waals surface area contributed by atoms with Gasteiger partial charge in [0.1, 0.15) is 5.82 Å². The first-order valence-electron chi connectivity index (χ1n) is 6.91. The second-order valence-electron chi connectivity index (χ2n) is 5.72. The molecule has 1 aliphatic heterocycles. The molecule has 3 rings (SSSR count). The Hall–Kier alpha value is -1.42. The van der Waals surface area contributed by atoms with E-state index in [4.69, 9.17) is 0 Å². The quantitative estimate of drug-likeness (QED) is 0.866. The molecule has 2 N–H and O–H groups in total. The van der Waals surface area contributed by atoms with Crippen molar-refractivity contribution in [2.75, 3.05) is 13.1 Å². The summed E-state index contributed by atoms with van der Waals surface area (Å²) < 4.78 is 13.1. The van der Waals surface area contributed by atoms with Crippen molar-refractivity contribution in [1.82, 2.24) is 10.6 Å². The molecular weight excluding hydrogens is 243 g/mol. The molecule has 1 heterocycles. The highest BCUT2D eigenvalue weighted by atomic mass is 19.1. The lowest BCUT2D eigenvalue weighted by Gasteiger charge is -2.31. The molecule has 0 spiro atoms. The number of hydrogen-bond acceptors (Lipinski definition) is 2. The highest BCUT2D eigenvalue weighted by Gasteiger charge is 2.41. The van der Waals surface area contributed by atoms with E-state index >= 15 is 0 Å². The topological polar surface area (TPSA) is 41.1 Å². The van der Waals surface area contributed by atoms with Gasteiger partial charge in [-0.2, -0.15) is 0 Å². The van der Waals surface area contributed by atoms with E-state index in [2.05, 4.69) is 10.6 Å². The number of rotatable bonds is 4. The molecule has 1 aliphatic carbocycles. The van der Waals surface area contributed by atoms with Crippen LogP contribution in [0.4, 0.5) is 4.39 Å². The summed E-state index contributed by atoms with van der Waals surface area (Å²) in [4.78, 5) is 12.1. The predicted octanol–water partition coefficient (Wildman–Crippen LogP) is 1.65. The van der Waals surface area contributed by atoms with E-state index in [1.807, 2.05) is 13.0 Å². The number of nitrogens with one attached hydrogen (secondary N) is 2. The van der Waals surface area contributed by atoms with E-state index in [9.17, 15) is 9.18 Å². The van der Waals surface area contributed by atoms with Gasteiger partial charge in [-0.3, -0.25) is 4.79 Å². The van der Waals surface area contributed by atoms with Crippen molar-refractivity contribution in [2.24, 2.45) is 11.8 Å². The number of halogens is 1. The summed E-state index contributed by atoms with van der Waals surface area (Å²) in [5.41, 5.74) is 0.989. The normalized spacial score (nSPS) is 27.5. The van der Waals surface area contributed by atoms with Gasteiger partial charge in [-0.1, -0.05) is 19.1 Å². The maximum absolute atomic E-state index is 13.1. The van der Waals surface area contributed by atoms with Crippen molar-refractivity contribution in [3.8, 4) is 0 Å². The zero-order valence-corrected chi connectivity index (χ0v) is 11.0. The molecule has 1 aromatic rings. The molecule has 0 aromatic heterocycles. The SMILES string of the molecule is CC(C(=O)NC1CC1c1cccc(F)c1)C1CNC1. The largest absolute Gasteiger partial charge is 0.352 e. The number of hydrogen-bond donors (Lipinski definition) is 2. The Morgan fingerprint density at radius 1 is 1.47 bits per heavy atom. The van der Waals surface area contributed by atoms with Crippen molar-refractivity contribution in [3.63, 3.8) is 0 Å². The molecular formula is C15H19FN2O. The van der Waals surface area contributed by atoms with E-state index in [-0.39, 0.29) is 29.6 Å². The summed E-state index contributed by atoms with van der Waals surface area (Å²) in [5.74, 6) is 0.742. The van der Waals surface area contributed by atoms with Crippen molar-refractivity contribution in [3.05, 3.63) is 35.6 Å². The first-order chi connectivity index (χ1) is 9.15. The maximum Gasteiger partial charge on any atom is 0.223 e. The van der Waals surface area contributed by atoms with Crippen LogP contribution in [0.25, 0.3) is 0 Å². The summed E-state index contributed by atoms with van der Waals surface area (Å²) in [5, 5.41) is 6.27. The van der Waals surface area contributed by atoms with E-state index in [0.717, 1.165) is 25.1 Å². The average Bonchev–Trinajstić information content (AvgIpc) is 3.06. The predicted molar refractivity (Wildman–Crippen MR) is 71.2 cm³/mol. The second kappa shape index (κ2) is 4.93. The van der Waals surface area contributed by atoms with Gasteiger partial charge in [0.05, 0.1) is 0 Å². The minimum Gasteiger partial charge on any atom is -0.352 e. The molecule has 0 bridgehead atoms. The Balaban J connectivity index is 1.54. The molecule has 3 unspecified atom stereocenters. The molecule has 3 nitrogen and oxygen atoms in total. The van der Waals surface area contributed by atoms with Crippen LogP contribution in [0.5, 0.6) is 0 Å². The smallest absolute Gasteiger partial charge is 0.223 e. The van der Waals surface area contributed by atoms with Crippen LogP contribution in [0, 0.1) is 17.7 Å². The molecule has 2 aliphatic rings. The van der Waals surface area contributed by atoms with Gasteiger partial charge in [-0.05, 0) is 43.1 Å². The van der Waals surface area contributed by atoms with E-state index in [1.54, 1.807) is 12.1 Å². The highest BCUT2D eigenvalue weighted by molar-refractivity contribution is 5.79. The molecule has 0 radical (unpaired) electrons. The van der Waals surface area contributed by atoms with Crippen molar-refractivity contribution < 1.29 is 9.18 Å². The Morgan fingerprint density at radius 3 is 2.89 bits per heavy atom. The molecule has 19 heavy (non-hydrogen) atoms. The minimum absolute atomic E-state index is 0.0648. The second-order valence-corrected chi connectivity index (χ2v) is 5.72. The monoisotopic (exact) mass is 262 g/mol. The van der Waals surface area contributed by atoms with Crippen LogP contribution in [0.3, 0.4) is 0 Å². The molecule has 4 heteroatoms. The fourth-order valence-corrected chi connectivity index (χ4v) is 2.65. The van der Waals surface area contributed by atoms with Gasteiger partial charge in [0, 0.05) is 17.9 Å². The van der Waals surface area contributed by atoms with Gasteiger partial charge in [0.25, 0.3) is 0 Å². The van der Waals surface area contributed by atoms with E-state index < -0.39 is 0 Å². The third-order valence-electron chi connectivity index (χ3n) is 4.33. The van der Waals surface area contributed by atoms with Gasteiger partial charge in [0.15, 0.2) is 0 Å². The molecule has 3 atom stereocenters.